The van der Waals surface area contributed by atoms with Gasteiger partial charge in [-0.1, -0.05) is 6.42 Å². The summed E-state index contributed by atoms with van der Waals surface area (Å²) < 4.78 is 25.8. The molecule has 3 heteroatoms. The van der Waals surface area contributed by atoms with E-state index in [1.807, 2.05) is 0 Å². The monoisotopic (exact) mass is 212 g/mol. The Balaban J connectivity index is 2.10. The standard InChI is InChI=1S/C12H14F2O/c13-10-5-8(6-11(14)7-10)4-9-2-1-3-12(9)15/h5-7,9,12,15H,1-4H2/t9-,12+/m0/s1. The van der Waals surface area contributed by atoms with E-state index < -0.39 is 11.6 Å². The van der Waals surface area contributed by atoms with Crippen molar-refractivity contribution in [2.45, 2.75) is 31.8 Å². The van der Waals surface area contributed by atoms with E-state index in [9.17, 15) is 13.9 Å². The zero-order chi connectivity index (χ0) is 10.8. The van der Waals surface area contributed by atoms with Crippen molar-refractivity contribution in [2.75, 3.05) is 0 Å². The van der Waals surface area contributed by atoms with Crippen molar-refractivity contribution >= 4 is 0 Å². The van der Waals surface area contributed by atoms with Gasteiger partial charge in [0.2, 0.25) is 0 Å². The third-order valence-corrected chi connectivity index (χ3v) is 3.04. The molecule has 0 bridgehead atoms. The van der Waals surface area contributed by atoms with E-state index in [1.54, 1.807) is 0 Å². The van der Waals surface area contributed by atoms with Crippen LogP contribution in [0.1, 0.15) is 24.8 Å². The molecule has 2 atom stereocenters. The third-order valence-electron chi connectivity index (χ3n) is 3.04. The van der Waals surface area contributed by atoms with Crippen LogP contribution in [0.25, 0.3) is 0 Å². The molecule has 1 aliphatic carbocycles. The van der Waals surface area contributed by atoms with E-state index in [4.69, 9.17) is 0 Å². The van der Waals surface area contributed by atoms with E-state index in [0.29, 0.717) is 12.0 Å². The van der Waals surface area contributed by atoms with Crippen LogP contribution in [-0.2, 0) is 6.42 Å². The second kappa shape index (κ2) is 4.27. The molecule has 1 fully saturated rings. The molecular formula is C12H14F2O. The van der Waals surface area contributed by atoms with Gasteiger partial charge in [-0.2, -0.15) is 0 Å². The molecule has 1 nitrogen and oxygen atoms in total. The Hall–Kier alpha value is -0.960. The maximum absolute atomic E-state index is 12.9. The molecule has 0 unspecified atom stereocenters. The Kier molecular flexibility index (Phi) is 3.00. The molecule has 0 heterocycles. The maximum atomic E-state index is 12.9. The molecule has 1 aliphatic rings. The van der Waals surface area contributed by atoms with E-state index in [-0.39, 0.29) is 12.0 Å². The normalized spacial score (nSPS) is 25.8. The van der Waals surface area contributed by atoms with Gasteiger partial charge in [-0.3, -0.25) is 0 Å². The number of halogens is 2. The van der Waals surface area contributed by atoms with Crippen LogP contribution in [-0.4, -0.2) is 11.2 Å². The number of benzene rings is 1. The molecule has 0 aromatic heterocycles. The summed E-state index contributed by atoms with van der Waals surface area (Å²) in [5.74, 6) is -0.929. The highest BCUT2D eigenvalue weighted by Gasteiger charge is 2.25. The topological polar surface area (TPSA) is 20.2 Å². The minimum absolute atomic E-state index is 0.159. The number of hydrogen-bond donors (Lipinski definition) is 1. The quantitative estimate of drug-likeness (QED) is 0.799. The van der Waals surface area contributed by atoms with Gasteiger partial charge in [-0.25, -0.2) is 8.78 Å². The SMILES string of the molecule is O[C@@H]1CCC[C@H]1Cc1cc(F)cc(F)c1. The predicted molar refractivity (Wildman–Crippen MR) is 53.4 cm³/mol. The van der Waals surface area contributed by atoms with E-state index in [2.05, 4.69) is 0 Å². The van der Waals surface area contributed by atoms with Crippen molar-refractivity contribution in [3.63, 3.8) is 0 Å². The Morgan fingerprint density at radius 1 is 1.13 bits per heavy atom. The number of aliphatic hydroxyl groups excluding tert-OH is 1. The molecule has 15 heavy (non-hydrogen) atoms. The average molecular weight is 212 g/mol. The maximum Gasteiger partial charge on any atom is 0.126 e. The van der Waals surface area contributed by atoms with Gasteiger partial charge in [-0.05, 0) is 42.9 Å². The van der Waals surface area contributed by atoms with Crippen LogP contribution < -0.4 is 0 Å². The summed E-state index contributed by atoms with van der Waals surface area (Å²) >= 11 is 0. The fourth-order valence-electron chi connectivity index (χ4n) is 2.29. The lowest BCUT2D eigenvalue weighted by molar-refractivity contribution is 0.132. The number of hydrogen-bond acceptors (Lipinski definition) is 1. The molecule has 1 N–H and O–H groups in total. The largest absolute Gasteiger partial charge is 0.393 e. The lowest BCUT2D eigenvalue weighted by atomic mass is 9.96. The van der Waals surface area contributed by atoms with Crippen molar-refractivity contribution in [3.8, 4) is 0 Å². The summed E-state index contributed by atoms with van der Waals surface area (Å²) in [4.78, 5) is 0. The first-order valence-electron chi connectivity index (χ1n) is 5.28. The van der Waals surface area contributed by atoms with Gasteiger partial charge in [0.1, 0.15) is 11.6 Å². The second-order valence-electron chi connectivity index (χ2n) is 4.24. The van der Waals surface area contributed by atoms with Crippen molar-refractivity contribution in [1.29, 1.82) is 0 Å². The van der Waals surface area contributed by atoms with Gasteiger partial charge in [0.25, 0.3) is 0 Å². The number of aliphatic hydroxyl groups is 1. The Morgan fingerprint density at radius 2 is 1.80 bits per heavy atom. The summed E-state index contributed by atoms with van der Waals surface area (Å²) in [6, 6.07) is 3.55. The van der Waals surface area contributed by atoms with Gasteiger partial charge in [0, 0.05) is 6.07 Å². The van der Waals surface area contributed by atoms with Crippen molar-refractivity contribution in [1.82, 2.24) is 0 Å². The van der Waals surface area contributed by atoms with Gasteiger partial charge in [-0.15, -0.1) is 0 Å². The number of rotatable bonds is 2. The Bertz CT molecular complexity index is 331. The minimum Gasteiger partial charge on any atom is -0.393 e. The van der Waals surface area contributed by atoms with Crippen LogP contribution >= 0.6 is 0 Å². The van der Waals surface area contributed by atoms with E-state index in [1.165, 1.54) is 12.1 Å². The fourth-order valence-corrected chi connectivity index (χ4v) is 2.29. The summed E-state index contributed by atoms with van der Waals surface area (Å²) in [6.07, 6.45) is 3.01. The molecule has 1 aromatic rings. The first kappa shape index (κ1) is 10.6. The molecule has 1 saturated carbocycles. The lowest BCUT2D eigenvalue weighted by Crippen LogP contribution is -2.15. The van der Waals surface area contributed by atoms with Crippen LogP contribution in [0.15, 0.2) is 18.2 Å². The zero-order valence-electron chi connectivity index (χ0n) is 8.42. The minimum atomic E-state index is -0.544. The van der Waals surface area contributed by atoms with Crippen LogP contribution in [0.2, 0.25) is 0 Å². The molecule has 0 saturated heterocycles. The summed E-state index contributed by atoms with van der Waals surface area (Å²) in [6.45, 7) is 0. The highest BCUT2D eigenvalue weighted by molar-refractivity contribution is 5.18. The van der Waals surface area contributed by atoms with Gasteiger partial charge in [0.05, 0.1) is 6.10 Å². The first-order chi connectivity index (χ1) is 7.15. The molecule has 2 rings (SSSR count). The molecule has 0 radical (unpaired) electrons. The molecular weight excluding hydrogens is 198 g/mol. The van der Waals surface area contributed by atoms with Gasteiger partial charge >= 0.3 is 0 Å². The highest BCUT2D eigenvalue weighted by atomic mass is 19.1. The Labute approximate surface area is 87.7 Å². The lowest BCUT2D eigenvalue weighted by Gasteiger charge is -2.14. The van der Waals surface area contributed by atoms with Gasteiger partial charge in [0.15, 0.2) is 0 Å². The first-order valence-corrected chi connectivity index (χ1v) is 5.28. The average Bonchev–Trinajstić information content (AvgIpc) is 2.50. The van der Waals surface area contributed by atoms with Crippen LogP contribution in [0.5, 0.6) is 0 Å². The highest BCUT2D eigenvalue weighted by Crippen LogP contribution is 2.28. The van der Waals surface area contributed by atoms with Crippen LogP contribution in [0.4, 0.5) is 8.78 Å². The molecule has 1 aromatic carbocycles. The van der Waals surface area contributed by atoms with E-state index in [0.717, 1.165) is 25.3 Å². The van der Waals surface area contributed by atoms with E-state index >= 15 is 0 Å². The third kappa shape index (κ3) is 2.53. The molecule has 0 spiro atoms. The molecule has 0 amide bonds. The molecule has 0 aliphatic heterocycles. The summed E-state index contributed by atoms with van der Waals surface area (Å²) in [5, 5.41) is 9.60. The smallest absolute Gasteiger partial charge is 0.126 e. The van der Waals surface area contributed by atoms with Crippen LogP contribution in [0, 0.1) is 17.6 Å². The van der Waals surface area contributed by atoms with Crippen molar-refractivity contribution in [2.24, 2.45) is 5.92 Å². The zero-order valence-corrected chi connectivity index (χ0v) is 8.42. The molecule has 82 valence electrons. The second-order valence-corrected chi connectivity index (χ2v) is 4.24. The van der Waals surface area contributed by atoms with Crippen molar-refractivity contribution in [3.05, 3.63) is 35.4 Å². The fraction of sp³-hybridized carbons (Fsp3) is 0.500. The van der Waals surface area contributed by atoms with Crippen molar-refractivity contribution < 1.29 is 13.9 Å². The summed E-state index contributed by atoms with van der Waals surface area (Å²) in [5.41, 5.74) is 0.637. The summed E-state index contributed by atoms with van der Waals surface area (Å²) in [7, 11) is 0. The Morgan fingerprint density at radius 3 is 2.33 bits per heavy atom. The van der Waals surface area contributed by atoms with Gasteiger partial charge < -0.3 is 5.11 Å². The predicted octanol–water partition coefficient (Wildman–Crippen LogP) is 2.67. The van der Waals surface area contributed by atoms with Crippen LogP contribution in [0.3, 0.4) is 0 Å².